The first-order valence-electron chi connectivity index (χ1n) is 9.87. The van der Waals surface area contributed by atoms with E-state index >= 15 is 0 Å². The molecular formula is C25H21ClN4O. The molecule has 154 valence electrons. The lowest BCUT2D eigenvalue weighted by Crippen LogP contribution is -2.25. The minimum absolute atomic E-state index is 0.0353. The minimum Gasteiger partial charge on any atom is -0.342 e. The van der Waals surface area contributed by atoms with Crippen molar-refractivity contribution in [1.29, 1.82) is 5.26 Å². The molecule has 0 aliphatic carbocycles. The quantitative estimate of drug-likeness (QED) is 0.340. The van der Waals surface area contributed by atoms with Crippen LogP contribution in [-0.4, -0.2) is 15.2 Å². The molecule has 1 amide bonds. The smallest absolute Gasteiger partial charge is 0.280 e. The van der Waals surface area contributed by atoms with Crippen LogP contribution < -0.4 is 5.43 Å². The first-order valence-corrected chi connectivity index (χ1v) is 10.2. The normalized spacial score (nSPS) is 11.5. The fraction of sp³-hybridized carbons (Fsp3) is 0.120. The lowest BCUT2D eigenvalue weighted by Gasteiger charge is -2.10. The van der Waals surface area contributed by atoms with Crippen molar-refractivity contribution in [3.05, 3.63) is 100.0 Å². The predicted molar refractivity (Wildman–Crippen MR) is 124 cm³/mol. The molecule has 0 radical (unpaired) electrons. The van der Waals surface area contributed by atoms with Crippen LogP contribution in [-0.2, 0) is 11.3 Å². The fourth-order valence-electron chi connectivity index (χ4n) is 3.64. The summed E-state index contributed by atoms with van der Waals surface area (Å²) in [5, 5.41) is 11.3. The Morgan fingerprint density at radius 3 is 2.45 bits per heavy atom. The number of carbonyl (C=O) groups is 1. The number of rotatable bonds is 5. The number of fused-ring (bicyclic) bond motifs is 1. The minimum atomic E-state index is -0.451. The summed E-state index contributed by atoms with van der Waals surface area (Å²) in [5.41, 5.74) is 7.41. The molecule has 0 saturated carbocycles. The van der Waals surface area contributed by atoms with Gasteiger partial charge in [0.15, 0.2) is 0 Å². The maximum atomic E-state index is 12.8. The molecular weight excluding hydrogens is 408 g/mol. The molecule has 0 aliphatic heterocycles. The van der Waals surface area contributed by atoms with Crippen molar-refractivity contribution >= 4 is 34.5 Å². The average molecular weight is 429 g/mol. The topological polar surface area (TPSA) is 62.8 Å². The van der Waals surface area contributed by atoms with Gasteiger partial charge in [0.25, 0.3) is 5.91 Å². The van der Waals surface area contributed by atoms with Gasteiger partial charge < -0.3 is 4.57 Å². The third kappa shape index (κ3) is 4.11. The van der Waals surface area contributed by atoms with Gasteiger partial charge in [-0.2, -0.15) is 5.26 Å². The molecule has 0 saturated heterocycles. The van der Waals surface area contributed by atoms with E-state index in [1.165, 1.54) is 0 Å². The maximum absolute atomic E-state index is 12.8. The summed E-state index contributed by atoms with van der Waals surface area (Å²) < 4.78 is 3.75. The van der Waals surface area contributed by atoms with Crippen LogP contribution in [0.5, 0.6) is 0 Å². The van der Waals surface area contributed by atoms with Crippen molar-refractivity contribution in [2.45, 2.75) is 20.4 Å². The molecule has 5 nitrogen and oxygen atoms in total. The van der Waals surface area contributed by atoms with Crippen molar-refractivity contribution < 1.29 is 4.79 Å². The van der Waals surface area contributed by atoms with Gasteiger partial charge in [0.05, 0.1) is 0 Å². The van der Waals surface area contributed by atoms with Gasteiger partial charge in [-0.25, -0.2) is 0 Å². The monoisotopic (exact) mass is 428 g/mol. The second-order valence-corrected chi connectivity index (χ2v) is 7.79. The Labute approximate surface area is 185 Å². The number of nitrogens with zero attached hydrogens (tertiary/aromatic N) is 3. The summed E-state index contributed by atoms with van der Waals surface area (Å²) in [6, 6.07) is 21.5. The number of amides is 1. The zero-order chi connectivity index (χ0) is 22.0. The standard InChI is InChI=1S/C25H21ClN4O/c1-17-11-12-18(2)30(17)28-25(31)20(14-27)13-21-16-29(24-10-6-4-8-22(21)24)15-19-7-3-5-9-23(19)26/h3-13,16H,15H2,1-2H3,(H,28,31)/b20-13+. The lowest BCUT2D eigenvalue weighted by atomic mass is 10.1. The molecule has 2 heterocycles. The van der Waals surface area contributed by atoms with E-state index in [1.54, 1.807) is 10.8 Å². The van der Waals surface area contributed by atoms with E-state index in [-0.39, 0.29) is 5.57 Å². The molecule has 0 spiro atoms. The fourth-order valence-corrected chi connectivity index (χ4v) is 3.84. The molecule has 6 heteroatoms. The highest BCUT2D eigenvalue weighted by Gasteiger charge is 2.14. The largest absolute Gasteiger partial charge is 0.342 e. The maximum Gasteiger partial charge on any atom is 0.280 e. The van der Waals surface area contributed by atoms with E-state index in [0.717, 1.165) is 33.4 Å². The van der Waals surface area contributed by atoms with E-state index < -0.39 is 5.91 Å². The highest BCUT2D eigenvalue weighted by Crippen LogP contribution is 2.26. The zero-order valence-corrected chi connectivity index (χ0v) is 18.0. The molecule has 2 aromatic heterocycles. The van der Waals surface area contributed by atoms with Crippen LogP contribution in [0.1, 0.15) is 22.5 Å². The number of aromatic nitrogens is 2. The van der Waals surface area contributed by atoms with E-state index in [1.807, 2.05) is 86.8 Å². The molecule has 2 aromatic carbocycles. The molecule has 1 N–H and O–H groups in total. The van der Waals surface area contributed by atoms with Crippen molar-refractivity contribution in [1.82, 2.24) is 9.24 Å². The predicted octanol–water partition coefficient (Wildman–Crippen LogP) is 5.44. The van der Waals surface area contributed by atoms with E-state index in [9.17, 15) is 10.1 Å². The van der Waals surface area contributed by atoms with Crippen LogP contribution in [0, 0.1) is 25.2 Å². The number of benzene rings is 2. The third-order valence-electron chi connectivity index (χ3n) is 5.27. The second-order valence-electron chi connectivity index (χ2n) is 7.38. The van der Waals surface area contributed by atoms with Crippen molar-refractivity contribution in [3.8, 4) is 6.07 Å². The van der Waals surface area contributed by atoms with Crippen LogP contribution in [0.15, 0.2) is 72.4 Å². The summed E-state index contributed by atoms with van der Waals surface area (Å²) in [6.45, 7) is 4.38. The zero-order valence-electron chi connectivity index (χ0n) is 17.3. The summed E-state index contributed by atoms with van der Waals surface area (Å²) in [5.74, 6) is -0.451. The molecule has 0 unspecified atom stereocenters. The van der Waals surface area contributed by atoms with Gasteiger partial charge in [-0.15, -0.1) is 0 Å². The van der Waals surface area contributed by atoms with Gasteiger partial charge in [0.2, 0.25) is 0 Å². The van der Waals surface area contributed by atoms with Crippen molar-refractivity contribution in [2.75, 3.05) is 5.43 Å². The SMILES string of the molecule is Cc1ccc(C)n1NC(=O)/C(C#N)=C/c1cn(Cc2ccccc2Cl)c2ccccc12. The van der Waals surface area contributed by atoms with Crippen LogP contribution >= 0.6 is 11.6 Å². The number of nitriles is 1. The van der Waals surface area contributed by atoms with Gasteiger partial charge in [-0.05, 0) is 49.8 Å². The Bertz CT molecular complexity index is 1330. The summed E-state index contributed by atoms with van der Waals surface area (Å²) in [7, 11) is 0. The number of hydrogen-bond donors (Lipinski definition) is 1. The van der Waals surface area contributed by atoms with Crippen LogP contribution in [0.25, 0.3) is 17.0 Å². The molecule has 0 aliphatic rings. The van der Waals surface area contributed by atoms with Crippen LogP contribution in [0.2, 0.25) is 5.02 Å². The second kappa shape index (κ2) is 8.55. The third-order valence-corrected chi connectivity index (χ3v) is 5.64. The van der Waals surface area contributed by atoms with Gasteiger partial charge >= 0.3 is 0 Å². The number of carbonyl (C=O) groups excluding carboxylic acids is 1. The Kier molecular flexibility index (Phi) is 5.66. The van der Waals surface area contributed by atoms with Gasteiger partial charge in [-0.1, -0.05) is 48.0 Å². The van der Waals surface area contributed by atoms with Gasteiger partial charge in [-0.3, -0.25) is 14.9 Å². The van der Waals surface area contributed by atoms with E-state index in [4.69, 9.17) is 11.6 Å². The number of para-hydroxylation sites is 1. The number of hydrogen-bond acceptors (Lipinski definition) is 2. The molecule has 0 fully saturated rings. The molecule has 0 bridgehead atoms. The molecule has 0 atom stereocenters. The van der Waals surface area contributed by atoms with Crippen LogP contribution in [0.3, 0.4) is 0 Å². The lowest BCUT2D eigenvalue weighted by molar-refractivity contribution is -0.113. The van der Waals surface area contributed by atoms with Gasteiger partial charge in [0, 0.05) is 45.6 Å². The molecule has 4 rings (SSSR count). The number of halogens is 1. The number of aryl methyl sites for hydroxylation is 2. The summed E-state index contributed by atoms with van der Waals surface area (Å²) in [4.78, 5) is 12.8. The Morgan fingerprint density at radius 1 is 1.06 bits per heavy atom. The number of nitrogens with one attached hydrogen (secondary N) is 1. The van der Waals surface area contributed by atoms with Crippen molar-refractivity contribution in [3.63, 3.8) is 0 Å². The van der Waals surface area contributed by atoms with Crippen LogP contribution in [0.4, 0.5) is 0 Å². The molecule has 4 aromatic rings. The Morgan fingerprint density at radius 2 is 1.74 bits per heavy atom. The van der Waals surface area contributed by atoms with Gasteiger partial charge in [0.1, 0.15) is 11.6 Å². The first-order chi connectivity index (χ1) is 15.0. The van der Waals surface area contributed by atoms with Crippen molar-refractivity contribution in [2.24, 2.45) is 0 Å². The average Bonchev–Trinajstić information content (AvgIpc) is 3.28. The van der Waals surface area contributed by atoms with E-state index in [0.29, 0.717) is 11.6 Å². The highest BCUT2D eigenvalue weighted by molar-refractivity contribution is 6.31. The Hall–Kier alpha value is -3.75. The highest BCUT2D eigenvalue weighted by atomic mass is 35.5. The first kappa shape index (κ1) is 20.5. The summed E-state index contributed by atoms with van der Waals surface area (Å²) >= 11 is 6.35. The van der Waals surface area contributed by atoms with E-state index in [2.05, 4.69) is 9.99 Å². The Balaban J connectivity index is 1.71. The summed E-state index contributed by atoms with van der Waals surface area (Å²) in [6.07, 6.45) is 3.58. The molecule has 31 heavy (non-hydrogen) atoms.